The molecule has 2 aromatic carbocycles. The van der Waals surface area contributed by atoms with Gasteiger partial charge in [0.2, 0.25) is 0 Å². The fourth-order valence-electron chi connectivity index (χ4n) is 2.27. The van der Waals surface area contributed by atoms with Crippen molar-refractivity contribution in [1.29, 1.82) is 0 Å². The lowest BCUT2D eigenvalue weighted by Gasteiger charge is -2.02. The first-order valence-corrected chi connectivity index (χ1v) is 5.98. The van der Waals surface area contributed by atoms with Gasteiger partial charge >= 0.3 is 0 Å². The average molecular weight is 245 g/mol. The van der Waals surface area contributed by atoms with E-state index in [9.17, 15) is 0 Å². The molecule has 0 fully saturated rings. The zero-order valence-electron chi connectivity index (χ0n) is 9.96. The van der Waals surface area contributed by atoms with Gasteiger partial charge in [0, 0.05) is 5.56 Å². The molecule has 0 aliphatic heterocycles. The highest BCUT2D eigenvalue weighted by Gasteiger charge is 2.09. The van der Waals surface area contributed by atoms with Gasteiger partial charge in [0.05, 0.1) is 0 Å². The zero-order chi connectivity index (χ0) is 12.7. The molecular weight excluding hydrogens is 236 g/mol. The lowest BCUT2D eigenvalue weighted by molar-refractivity contribution is 1.19. The fraction of sp³-hybridized carbons (Fsp3) is 0. The van der Waals surface area contributed by atoms with Crippen LogP contribution in [0, 0.1) is 6.20 Å². The number of hydrogen-bond donors (Lipinski definition) is 1. The molecule has 0 aliphatic carbocycles. The van der Waals surface area contributed by atoms with Gasteiger partial charge in [-0.05, 0) is 10.8 Å². The summed E-state index contributed by atoms with van der Waals surface area (Å²) in [6.45, 7) is 0. The van der Waals surface area contributed by atoms with E-state index >= 15 is 0 Å². The van der Waals surface area contributed by atoms with Crippen molar-refractivity contribution in [3.63, 3.8) is 0 Å². The third kappa shape index (κ3) is 1.57. The number of fused-ring (bicyclic) bond motifs is 2. The van der Waals surface area contributed by atoms with Crippen molar-refractivity contribution in [3.05, 3.63) is 55.0 Å². The lowest BCUT2D eigenvalue weighted by atomic mass is 10.0. The molecule has 2 aromatic heterocycles. The van der Waals surface area contributed by atoms with Crippen molar-refractivity contribution in [2.24, 2.45) is 0 Å². The Morgan fingerprint density at radius 1 is 1.00 bits per heavy atom. The number of hydrogen-bond acceptors (Lipinski definition) is 3. The van der Waals surface area contributed by atoms with E-state index in [-0.39, 0.29) is 0 Å². The number of aromatic amines is 1. The molecule has 1 radical (unpaired) electrons. The average Bonchev–Trinajstić information content (AvgIpc) is 2.90. The van der Waals surface area contributed by atoms with Crippen LogP contribution < -0.4 is 0 Å². The number of H-pyrrole nitrogens is 1. The van der Waals surface area contributed by atoms with Gasteiger partial charge in [0.1, 0.15) is 23.9 Å². The Labute approximate surface area is 109 Å². The molecule has 4 aromatic rings. The monoisotopic (exact) mass is 245 g/mol. The van der Waals surface area contributed by atoms with Crippen LogP contribution in [0.4, 0.5) is 0 Å². The van der Waals surface area contributed by atoms with E-state index in [0.717, 1.165) is 16.8 Å². The van der Waals surface area contributed by atoms with Crippen molar-refractivity contribution in [2.75, 3.05) is 0 Å². The van der Waals surface area contributed by atoms with Crippen LogP contribution in [0.1, 0.15) is 0 Å². The van der Waals surface area contributed by atoms with Crippen LogP contribution >= 0.6 is 0 Å². The Morgan fingerprint density at radius 3 is 2.84 bits per heavy atom. The molecule has 89 valence electrons. The largest absolute Gasteiger partial charge is 0.322 e. The number of rotatable bonds is 1. The second-order valence-electron chi connectivity index (χ2n) is 4.29. The second kappa shape index (κ2) is 3.88. The maximum atomic E-state index is 4.50. The molecule has 0 amide bonds. The van der Waals surface area contributed by atoms with E-state index in [4.69, 9.17) is 0 Å². The Morgan fingerprint density at radius 2 is 1.89 bits per heavy atom. The third-order valence-electron chi connectivity index (χ3n) is 3.14. The molecule has 1 N–H and O–H groups in total. The topological polar surface area (TPSA) is 54.5 Å². The second-order valence-corrected chi connectivity index (χ2v) is 4.29. The van der Waals surface area contributed by atoms with Crippen molar-refractivity contribution >= 4 is 21.9 Å². The van der Waals surface area contributed by atoms with E-state index in [1.54, 1.807) is 0 Å². The van der Waals surface area contributed by atoms with Crippen molar-refractivity contribution in [2.45, 2.75) is 0 Å². The molecule has 0 spiro atoms. The molecule has 0 saturated heterocycles. The summed E-state index contributed by atoms with van der Waals surface area (Å²) in [5.74, 6) is 0.795. The molecule has 4 nitrogen and oxygen atoms in total. The SMILES string of the molecule is [c]1ncnc2[nH]c(-c3cccc4ccccc34)nc12. The molecule has 2 heterocycles. The third-order valence-corrected chi connectivity index (χ3v) is 3.14. The predicted molar refractivity (Wildman–Crippen MR) is 73.5 cm³/mol. The van der Waals surface area contributed by atoms with E-state index < -0.39 is 0 Å². The summed E-state index contributed by atoms with van der Waals surface area (Å²) in [6, 6.07) is 14.4. The van der Waals surface area contributed by atoms with Crippen LogP contribution in [0.2, 0.25) is 0 Å². The van der Waals surface area contributed by atoms with E-state index in [1.807, 2.05) is 24.3 Å². The number of nitrogens with zero attached hydrogens (tertiary/aromatic N) is 3. The van der Waals surface area contributed by atoms with E-state index in [1.165, 1.54) is 11.7 Å². The highest BCUT2D eigenvalue weighted by Crippen LogP contribution is 2.27. The van der Waals surface area contributed by atoms with Gasteiger partial charge in [0.15, 0.2) is 5.65 Å². The molecule has 0 aliphatic rings. The predicted octanol–water partition coefficient (Wildman–Crippen LogP) is 2.97. The Balaban J connectivity index is 2.03. The summed E-state index contributed by atoms with van der Waals surface area (Å²) in [5, 5.41) is 2.35. The van der Waals surface area contributed by atoms with Gasteiger partial charge in [-0.25, -0.2) is 15.0 Å². The quantitative estimate of drug-likeness (QED) is 0.561. The Bertz CT molecular complexity index is 841. The Hall–Kier alpha value is -2.75. The Kier molecular flexibility index (Phi) is 2.08. The van der Waals surface area contributed by atoms with Crippen LogP contribution in [-0.2, 0) is 0 Å². The van der Waals surface area contributed by atoms with Gasteiger partial charge in [-0.3, -0.25) is 0 Å². The van der Waals surface area contributed by atoms with Crippen LogP contribution in [0.5, 0.6) is 0 Å². The van der Waals surface area contributed by atoms with Gasteiger partial charge in [-0.15, -0.1) is 0 Å². The minimum absolute atomic E-state index is 0.658. The van der Waals surface area contributed by atoms with E-state index in [2.05, 4.69) is 44.3 Å². The summed E-state index contributed by atoms with van der Waals surface area (Å²) < 4.78 is 0. The zero-order valence-corrected chi connectivity index (χ0v) is 9.96. The fourth-order valence-corrected chi connectivity index (χ4v) is 2.27. The molecule has 0 saturated carbocycles. The first-order chi connectivity index (χ1) is 9.42. The summed E-state index contributed by atoms with van der Waals surface area (Å²) in [7, 11) is 0. The number of aromatic nitrogens is 4. The van der Waals surface area contributed by atoms with Crippen LogP contribution in [0.15, 0.2) is 48.8 Å². The smallest absolute Gasteiger partial charge is 0.161 e. The molecule has 0 atom stereocenters. The highest BCUT2D eigenvalue weighted by atomic mass is 15.0. The number of nitrogens with one attached hydrogen (secondary N) is 1. The normalized spacial score (nSPS) is 11.2. The summed E-state index contributed by atoms with van der Waals surface area (Å²) >= 11 is 0. The first kappa shape index (κ1) is 10.2. The minimum atomic E-state index is 0.658. The highest BCUT2D eigenvalue weighted by molar-refractivity contribution is 5.96. The minimum Gasteiger partial charge on any atom is -0.322 e. The van der Waals surface area contributed by atoms with Crippen LogP contribution in [-0.4, -0.2) is 19.9 Å². The van der Waals surface area contributed by atoms with Crippen molar-refractivity contribution in [3.8, 4) is 11.4 Å². The lowest BCUT2D eigenvalue weighted by Crippen LogP contribution is -1.83. The summed E-state index contributed by atoms with van der Waals surface area (Å²) in [5.41, 5.74) is 2.42. The molecule has 0 unspecified atom stereocenters. The van der Waals surface area contributed by atoms with Gasteiger partial charge in [0.25, 0.3) is 0 Å². The maximum absolute atomic E-state index is 4.50. The summed E-state index contributed by atoms with van der Waals surface area (Å²) in [6.07, 6.45) is 4.30. The number of imidazole rings is 1. The van der Waals surface area contributed by atoms with Gasteiger partial charge in [-0.2, -0.15) is 0 Å². The molecule has 4 rings (SSSR count). The molecule has 0 bridgehead atoms. The summed E-state index contributed by atoms with van der Waals surface area (Å²) in [4.78, 5) is 15.7. The first-order valence-electron chi connectivity index (χ1n) is 5.98. The molecule has 19 heavy (non-hydrogen) atoms. The maximum Gasteiger partial charge on any atom is 0.161 e. The van der Waals surface area contributed by atoms with Crippen LogP contribution in [0.3, 0.4) is 0 Å². The van der Waals surface area contributed by atoms with Gasteiger partial charge in [-0.1, -0.05) is 42.5 Å². The van der Waals surface area contributed by atoms with Gasteiger partial charge < -0.3 is 4.98 Å². The van der Waals surface area contributed by atoms with Crippen molar-refractivity contribution < 1.29 is 0 Å². The standard InChI is InChI=1S/C15H9N4/c1-2-6-11-10(4-1)5-3-7-12(11)14-18-13-8-16-9-17-15(13)19-14/h1-7,9H,(H,16,17,18,19). The van der Waals surface area contributed by atoms with E-state index in [0.29, 0.717) is 11.2 Å². The van der Waals surface area contributed by atoms with Crippen molar-refractivity contribution in [1.82, 2.24) is 19.9 Å². The van der Waals surface area contributed by atoms with Crippen LogP contribution in [0.25, 0.3) is 33.3 Å². The number of benzene rings is 2. The molecule has 4 heteroatoms. The molecular formula is C15H9N4.